The van der Waals surface area contributed by atoms with Crippen molar-refractivity contribution in [3.8, 4) is 0 Å². The Morgan fingerprint density at radius 3 is 2.35 bits per heavy atom. The minimum Gasteiger partial charge on any atom is -0.355 e. The number of hydrogen-bond acceptors (Lipinski definition) is 3. The summed E-state index contributed by atoms with van der Waals surface area (Å²) in [5, 5.41) is 8.41. The van der Waals surface area contributed by atoms with E-state index in [2.05, 4.69) is 16.0 Å². The Kier molecular flexibility index (Phi) is 3.39. The van der Waals surface area contributed by atoms with Crippen LogP contribution < -0.4 is 16.0 Å². The molecular weight excluding hydrogens is 218 g/mol. The van der Waals surface area contributed by atoms with Crippen LogP contribution in [0.5, 0.6) is 0 Å². The molecule has 0 radical (unpaired) electrons. The van der Waals surface area contributed by atoms with Crippen LogP contribution in [0.25, 0.3) is 0 Å². The topological polar surface area (TPSA) is 70.2 Å². The number of nitrogens with one attached hydrogen (secondary N) is 3. The maximum absolute atomic E-state index is 11.6. The van der Waals surface area contributed by atoms with E-state index in [-0.39, 0.29) is 17.7 Å². The van der Waals surface area contributed by atoms with Crippen molar-refractivity contribution in [3.63, 3.8) is 0 Å². The molecule has 1 saturated heterocycles. The summed E-state index contributed by atoms with van der Waals surface area (Å²) < 4.78 is 0. The highest BCUT2D eigenvalue weighted by molar-refractivity contribution is 5.96. The molecule has 1 aromatic carbocycles. The number of amides is 2. The van der Waals surface area contributed by atoms with Gasteiger partial charge < -0.3 is 16.0 Å². The molecule has 1 fully saturated rings. The van der Waals surface area contributed by atoms with Crippen LogP contribution in [0.3, 0.4) is 0 Å². The monoisotopic (exact) mass is 233 g/mol. The molecule has 2 rings (SSSR count). The highest BCUT2D eigenvalue weighted by Gasteiger charge is 2.24. The zero-order valence-electron chi connectivity index (χ0n) is 9.62. The number of carbonyl (C=O) groups excluding carboxylic acids is 2. The first-order valence-electron chi connectivity index (χ1n) is 5.54. The van der Waals surface area contributed by atoms with Crippen molar-refractivity contribution in [2.45, 2.75) is 0 Å². The van der Waals surface area contributed by atoms with Gasteiger partial charge in [0.1, 0.15) is 0 Å². The molecule has 5 nitrogen and oxygen atoms in total. The normalized spacial score (nSPS) is 14.9. The summed E-state index contributed by atoms with van der Waals surface area (Å²) >= 11 is 0. The van der Waals surface area contributed by atoms with Gasteiger partial charge >= 0.3 is 0 Å². The van der Waals surface area contributed by atoms with Crippen LogP contribution in [-0.2, 0) is 4.79 Å². The summed E-state index contributed by atoms with van der Waals surface area (Å²) in [6.45, 7) is 1.48. The number of hydrogen-bond donors (Lipinski definition) is 3. The molecule has 0 spiro atoms. The van der Waals surface area contributed by atoms with Crippen molar-refractivity contribution in [2.24, 2.45) is 5.92 Å². The average molecular weight is 233 g/mol. The van der Waals surface area contributed by atoms with E-state index in [4.69, 9.17) is 0 Å². The van der Waals surface area contributed by atoms with Gasteiger partial charge in [-0.1, -0.05) is 0 Å². The lowest BCUT2D eigenvalue weighted by Gasteiger charge is -2.25. The van der Waals surface area contributed by atoms with Gasteiger partial charge in [-0.2, -0.15) is 0 Å². The lowest BCUT2D eigenvalue weighted by atomic mass is 10.0. The fraction of sp³-hybridized carbons (Fsp3) is 0.333. The Hall–Kier alpha value is -1.88. The largest absolute Gasteiger partial charge is 0.355 e. The fourth-order valence-electron chi connectivity index (χ4n) is 1.57. The van der Waals surface area contributed by atoms with Crippen molar-refractivity contribution in [1.29, 1.82) is 0 Å². The Balaban J connectivity index is 1.97. The highest BCUT2D eigenvalue weighted by Crippen LogP contribution is 2.12. The number of anilines is 1. The molecule has 3 N–H and O–H groups in total. The third-order valence-electron chi connectivity index (χ3n) is 2.79. The van der Waals surface area contributed by atoms with E-state index in [1.54, 1.807) is 31.3 Å². The average Bonchev–Trinajstić information content (AvgIpc) is 2.26. The first-order valence-corrected chi connectivity index (χ1v) is 5.54. The summed E-state index contributed by atoms with van der Waals surface area (Å²) in [4.78, 5) is 22.9. The summed E-state index contributed by atoms with van der Waals surface area (Å²) in [5.41, 5.74) is 1.30. The summed E-state index contributed by atoms with van der Waals surface area (Å²) in [6.07, 6.45) is 0. The first kappa shape index (κ1) is 11.6. The summed E-state index contributed by atoms with van der Waals surface area (Å²) in [5.74, 6) is -0.0453. The fourth-order valence-corrected chi connectivity index (χ4v) is 1.57. The molecule has 0 aliphatic carbocycles. The molecule has 1 aromatic rings. The van der Waals surface area contributed by atoms with Gasteiger partial charge in [0.05, 0.1) is 5.92 Å². The molecule has 17 heavy (non-hydrogen) atoms. The zero-order valence-corrected chi connectivity index (χ0v) is 9.62. The Bertz CT molecular complexity index is 424. The van der Waals surface area contributed by atoms with E-state index in [1.165, 1.54) is 0 Å². The maximum atomic E-state index is 11.6. The van der Waals surface area contributed by atoms with Crippen LogP contribution in [-0.4, -0.2) is 32.0 Å². The van der Waals surface area contributed by atoms with Gasteiger partial charge in [-0.05, 0) is 24.3 Å². The van der Waals surface area contributed by atoms with Crippen LogP contribution in [0.15, 0.2) is 24.3 Å². The van der Waals surface area contributed by atoms with Gasteiger partial charge in [-0.15, -0.1) is 0 Å². The van der Waals surface area contributed by atoms with Crippen molar-refractivity contribution in [3.05, 3.63) is 29.8 Å². The van der Waals surface area contributed by atoms with E-state index in [0.717, 1.165) is 18.8 Å². The van der Waals surface area contributed by atoms with E-state index in [0.29, 0.717) is 5.56 Å². The van der Waals surface area contributed by atoms with Gasteiger partial charge in [0.15, 0.2) is 0 Å². The Morgan fingerprint density at radius 1 is 1.24 bits per heavy atom. The van der Waals surface area contributed by atoms with Crippen LogP contribution in [0.4, 0.5) is 5.69 Å². The number of rotatable bonds is 3. The molecule has 0 bridgehead atoms. The SMILES string of the molecule is CNC(=O)c1ccc(NC(=O)C2CNC2)cc1. The third-order valence-corrected chi connectivity index (χ3v) is 2.79. The molecule has 0 unspecified atom stereocenters. The van der Waals surface area contributed by atoms with Gasteiger partial charge in [0.2, 0.25) is 5.91 Å². The second kappa shape index (κ2) is 4.97. The molecule has 1 heterocycles. The van der Waals surface area contributed by atoms with Crippen LogP contribution >= 0.6 is 0 Å². The second-order valence-electron chi connectivity index (χ2n) is 4.00. The lowest BCUT2D eigenvalue weighted by Crippen LogP contribution is -2.48. The zero-order chi connectivity index (χ0) is 12.3. The quantitative estimate of drug-likeness (QED) is 0.698. The molecule has 0 aromatic heterocycles. The smallest absolute Gasteiger partial charge is 0.251 e. The van der Waals surface area contributed by atoms with Crippen LogP contribution in [0.2, 0.25) is 0 Å². The molecular formula is C12H15N3O2. The van der Waals surface area contributed by atoms with Crippen molar-refractivity contribution < 1.29 is 9.59 Å². The Labute approximate surface area is 99.6 Å². The molecule has 5 heteroatoms. The molecule has 1 aliphatic heterocycles. The van der Waals surface area contributed by atoms with Crippen molar-refractivity contribution in [2.75, 3.05) is 25.5 Å². The molecule has 2 amide bonds. The minimum absolute atomic E-state index is 0.0245. The molecule has 1 aliphatic rings. The Morgan fingerprint density at radius 2 is 1.88 bits per heavy atom. The van der Waals surface area contributed by atoms with Crippen molar-refractivity contribution in [1.82, 2.24) is 10.6 Å². The standard InChI is InChI=1S/C12H15N3O2/c1-13-11(16)8-2-4-10(5-3-8)15-12(17)9-6-14-7-9/h2-5,9,14H,6-7H2,1H3,(H,13,16)(H,15,17). The van der Waals surface area contributed by atoms with E-state index in [9.17, 15) is 9.59 Å². The van der Waals surface area contributed by atoms with Gasteiger partial charge in [-0.3, -0.25) is 9.59 Å². The van der Waals surface area contributed by atoms with Crippen LogP contribution in [0.1, 0.15) is 10.4 Å². The predicted octanol–water partition coefficient (Wildman–Crippen LogP) is 0.204. The predicted molar refractivity (Wildman–Crippen MR) is 64.8 cm³/mol. The van der Waals surface area contributed by atoms with Gasteiger partial charge in [0, 0.05) is 31.4 Å². The molecule has 90 valence electrons. The maximum Gasteiger partial charge on any atom is 0.251 e. The third kappa shape index (κ3) is 2.62. The summed E-state index contributed by atoms with van der Waals surface area (Å²) in [7, 11) is 1.58. The number of benzene rings is 1. The van der Waals surface area contributed by atoms with Gasteiger partial charge in [0.25, 0.3) is 5.91 Å². The first-order chi connectivity index (χ1) is 8.20. The highest BCUT2D eigenvalue weighted by atomic mass is 16.2. The minimum atomic E-state index is -0.133. The van der Waals surface area contributed by atoms with Crippen LogP contribution in [0, 0.1) is 5.92 Å². The van der Waals surface area contributed by atoms with E-state index in [1.807, 2.05) is 0 Å². The lowest BCUT2D eigenvalue weighted by molar-refractivity contribution is -0.121. The molecule has 0 saturated carbocycles. The summed E-state index contributed by atoms with van der Waals surface area (Å²) in [6, 6.07) is 6.84. The van der Waals surface area contributed by atoms with Crippen molar-refractivity contribution >= 4 is 17.5 Å². The van der Waals surface area contributed by atoms with Gasteiger partial charge in [-0.25, -0.2) is 0 Å². The number of carbonyl (C=O) groups is 2. The second-order valence-corrected chi connectivity index (χ2v) is 4.00. The van der Waals surface area contributed by atoms with E-state index >= 15 is 0 Å². The molecule has 0 atom stereocenters. The van der Waals surface area contributed by atoms with E-state index < -0.39 is 0 Å².